The summed E-state index contributed by atoms with van der Waals surface area (Å²) in [4.78, 5) is 11.2. The van der Waals surface area contributed by atoms with Gasteiger partial charge >= 0.3 is 0 Å². The number of carbonyl (C=O) groups is 1. The molecule has 3 N–H and O–H groups in total. The molecule has 0 bridgehead atoms. The molecule has 0 spiro atoms. The van der Waals surface area contributed by atoms with E-state index in [-0.39, 0.29) is 5.91 Å². The van der Waals surface area contributed by atoms with E-state index >= 15 is 0 Å². The SMILES string of the molecule is CNC(=O)Cn1ccc2c(N)cccc21. The van der Waals surface area contributed by atoms with E-state index in [4.69, 9.17) is 5.73 Å². The normalized spacial score (nSPS) is 10.5. The van der Waals surface area contributed by atoms with E-state index in [9.17, 15) is 4.79 Å². The van der Waals surface area contributed by atoms with Gasteiger partial charge < -0.3 is 15.6 Å². The Morgan fingerprint density at radius 1 is 1.47 bits per heavy atom. The standard InChI is InChI=1S/C11H13N3O/c1-13-11(15)7-14-6-5-8-9(12)3-2-4-10(8)14/h2-6H,7,12H2,1H3,(H,13,15). The van der Waals surface area contributed by atoms with E-state index in [1.165, 1.54) is 0 Å². The minimum Gasteiger partial charge on any atom is -0.398 e. The van der Waals surface area contributed by atoms with Crippen LogP contribution in [0, 0.1) is 0 Å². The zero-order chi connectivity index (χ0) is 10.8. The van der Waals surface area contributed by atoms with E-state index in [0.29, 0.717) is 6.54 Å². The van der Waals surface area contributed by atoms with Crippen LogP contribution in [0.3, 0.4) is 0 Å². The molecule has 1 amide bonds. The lowest BCUT2D eigenvalue weighted by molar-refractivity contribution is -0.121. The first kappa shape index (κ1) is 9.58. The number of fused-ring (bicyclic) bond motifs is 1. The highest BCUT2D eigenvalue weighted by atomic mass is 16.1. The minimum atomic E-state index is -0.0186. The molecule has 0 aliphatic heterocycles. The maximum absolute atomic E-state index is 11.2. The summed E-state index contributed by atoms with van der Waals surface area (Å²) in [6.45, 7) is 0.323. The summed E-state index contributed by atoms with van der Waals surface area (Å²) in [5.74, 6) is -0.0186. The molecule has 0 saturated carbocycles. The molecule has 1 aromatic carbocycles. The fraction of sp³-hybridized carbons (Fsp3) is 0.182. The smallest absolute Gasteiger partial charge is 0.239 e. The van der Waals surface area contributed by atoms with Crippen molar-refractivity contribution < 1.29 is 4.79 Å². The second-order valence-electron chi connectivity index (χ2n) is 3.40. The Hall–Kier alpha value is -1.97. The van der Waals surface area contributed by atoms with Gasteiger partial charge in [-0.3, -0.25) is 4.79 Å². The molecule has 2 aromatic rings. The van der Waals surface area contributed by atoms with E-state index in [1.54, 1.807) is 7.05 Å². The fourth-order valence-corrected chi connectivity index (χ4v) is 1.62. The number of amides is 1. The molecule has 0 aliphatic rings. The van der Waals surface area contributed by atoms with Crippen LogP contribution in [0.5, 0.6) is 0 Å². The third-order valence-corrected chi connectivity index (χ3v) is 2.44. The van der Waals surface area contributed by atoms with Crippen molar-refractivity contribution in [1.82, 2.24) is 9.88 Å². The van der Waals surface area contributed by atoms with Crippen molar-refractivity contribution in [3.05, 3.63) is 30.5 Å². The molecule has 0 saturated heterocycles. The van der Waals surface area contributed by atoms with E-state index in [1.807, 2.05) is 35.0 Å². The summed E-state index contributed by atoms with van der Waals surface area (Å²) >= 11 is 0. The Labute approximate surface area is 87.7 Å². The van der Waals surface area contributed by atoms with Crippen molar-refractivity contribution >= 4 is 22.5 Å². The van der Waals surface area contributed by atoms with Crippen molar-refractivity contribution in [2.45, 2.75) is 6.54 Å². The van der Waals surface area contributed by atoms with Crippen LogP contribution in [0.4, 0.5) is 5.69 Å². The quantitative estimate of drug-likeness (QED) is 0.714. The predicted molar refractivity (Wildman–Crippen MR) is 60.4 cm³/mol. The number of nitrogens with one attached hydrogen (secondary N) is 1. The van der Waals surface area contributed by atoms with Gasteiger partial charge in [-0.1, -0.05) is 6.07 Å². The topological polar surface area (TPSA) is 60.0 Å². The highest BCUT2D eigenvalue weighted by Gasteiger charge is 2.05. The lowest BCUT2D eigenvalue weighted by Gasteiger charge is -2.04. The number of nitrogens with two attached hydrogens (primary N) is 1. The second-order valence-corrected chi connectivity index (χ2v) is 3.40. The highest BCUT2D eigenvalue weighted by Crippen LogP contribution is 2.21. The lowest BCUT2D eigenvalue weighted by atomic mass is 10.2. The molecule has 0 aliphatic carbocycles. The van der Waals surface area contributed by atoms with E-state index < -0.39 is 0 Å². The van der Waals surface area contributed by atoms with Crippen LogP contribution in [0.15, 0.2) is 30.5 Å². The molecule has 1 heterocycles. The summed E-state index contributed by atoms with van der Waals surface area (Å²) in [5, 5.41) is 3.58. The maximum atomic E-state index is 11.2. The average Bonchev–Trinajstić information content (AvgIpc) is 2.63. The molecular formula is C11H13N3O. The van der Waals surface area contributed by atoms with Crippen LogP contribution in [0.2, 0.25) is 0 Å². The Bertz CT molecular complexity index is 502. The van der Waals surface area contributed by atoms with E-state index in [2.05, 4.69) is 5.32 Å². The second kappa shape index (κ2) is 3.65. The Kier molecular flexibility index (Phi) is 2.33. The number of nitrogens with zero attached hydrogens (tertiary/aromatic N) is 1. The van der Waals surface area contributed by atoms with Gasteiger partial charge in [-0.15, -0.1) is 0 Å². The predicted octanol–water partition coefficient (Wildman–Crippen LogP) is 0.969. The zero-order valence-corrected chi connectivity index (χ0v) is 8.53. The Morgan fingerprint density at radius 2 is 2.27 bits per heavy atom. The average molecular weight is 203 g/mol. The number of anilines is 1. The molecule has 4 nitrogen and oxygen atoms in total. The number of nitrogen functional groups attached to an aromatic ring is 1. The van der Waals surface area contributed by atoms with Crippen LogP contribution in [-0.2, 0) is 11.3 Å². The summed E-state index contributed by atoms with van der Waals surface area (Å²) in [6.07, 6.45) is 1.87. The summed E-state index contributed by atoms with van der Waals surface area (Å²) in [6, 6.07) is 7.62. The van der Waals surface area contributed by atoms with Gasteiger partial charge in [-0.05, 0) is 18.2 Å². The Morgan fingerprint density at radius 3 is 3.00 bits per heavy atom. The van der Waals surface area contributed by atoms with Gasteiger partial charge in [-0.25, -0.2) is 0 Å². The van der Waals surface area contributed by atoms with Crippen LogP contribution < -0.4 is 11.1 Å². The first-order valence-electron chi connectivity index (χ1n) is 4.76. The molecule has 0 atom stereocenters. The molecular weight excluding hydrogens is 190 g/mol. The van der Waals surface area contributed by atoms with Gasteiger partial charge in [0.2, 0.25) is 5.91 Å². The third-order valence-electron chi connectivity index (χ3n) is 2.44. The largest absolute Gasteiger partial charge is 0.398 e. The molecule has 0 fully saturated rings. The van der Waals surface area contributed by atoms with Gasteiger partial charge in [0.25, 0.3) is 0 Å². The molecule has 78 valence electrons. The van der Waals surface area contributed by atoms with Crippen LogP contribution in [-0.4, -0.2) is 17.5 Å². The minimum absolute atomic E-state index is 0.0186. The number of rotatable bonds is 2. The maximum Gasteiger partial charge on any atom is 0.239 e. The van der Waals surface area contributed by atoms with Gasteiger partial charge in [0.1, 0.15) is 6.54 Å². The fourth-order valence-electron chi connectivity index (χ4n) is 1.62. The number of carbonyl (C=O) groups excluding carboxylic acids is 1. The van der Waals surface area contributed by atoms with E-state index in [0.717, 1.165) is 16.6 Å². The molecule has 1 aromatic heterocycles. The van der Waals surface area contributed by atoms with Crippen LogP contribution >= 0.6 is 0 Å². The molecule has 4 heteroatoms. The summed E-state index contributed by atoms with van der Waals surface area (Å²) in [7, 11) is 1.63. The van der Waals surface area contributed by atoms with Gasteiger partial charge in [0.05, 0.1) is 5.52 Å². The van der Waals surface area contributed by atoms with Crippen molar-refractivity contribution in [3.8, 4) is 0 Å². The summed E-state index contributed by atoms with van der Waals surface area (Å²) < 4.78 is 1.88. The molecule has 0 radical (unpaired) electrons. The number of likely N-dealkylation sites (N-methyl/N-ethyl adjacent to an activating group) is 1. The number of benzene rings is 1. The molecule has 0 unspecified atom stereocenters. The van der Waals surface area contributed by atoms with Crippen molar-refractivity contribution in [2.75, 3.05) is 12.8 Å². The van der Waals surface area contributed by atoms with Crippen LogP contribution in [0.1, 0.15) is 0 Å². The summed E-state index contributed by atoms with van der Waals surface area (Å²) in [5.41, 5.74) is 7.54. The first-order chi connectivity index (χ1) is 7.22. The monoisotopic (exact) mass is 203 g/mol. The molecule has 15 heavy (non-hydrogen) atoms. The number of hydrogen-bond donors (Lipinski definition) is 2. The van der Waals surface area contributed by atoms with Crippen LogP contribution in [0.25, 0.3) is 10.9 Å². The number of hydrogen-bond acceptors (Lipinski definition) is 2. The third kappa shape index (κ3) is 1.66. The van der Waals surface area contributed by atoms with Gasteiger partial charge in [-0.2, -0.15) is 0 Å². The highest BCUT2D eigenvalue weighted by molar-refractivity contribution is 5.92. The first-order valence-corrected chi connectivity index (χ1v) is 4.76. The Balaban J connectivity index is 2.45. The van der Waals surface area contributed by atoms with Crippen molar-refractivity contribution in [2.24, 2.45) is 0 Å². The van der Waals surface area contributed by atoms with Gasteiger partial charge in [0, 0.05) is 24.3 Å². The molecule has 2 rings (SSSR count). The zero-order valence-electron chi connectivity index (χ0n) is 8.53. The van der Waals surface area contributed by atoms with Crippen molar-refractivity contribution in [3.63, 3.8) is 0 Å². The van der Waals surface area contributed by atoms with Gasteiger partial charge in [0.15, 0.2) is 0 Å². The number of aromatic nitrogens is 1. The van der Waals surface area contributed by atoms with Crippen molar-refractivity contribution in [1.29, 1.82) is 0 Å². The lowest BCUT2D eigenvalue weighted by Crippen LogP contribution is -2.22.